The van der Waals surface area contributed by atoms with Crippen LogP contribution in [0.4, 0.5) is 4.79 Å². The first kappa shape index (κ1) is 38.7. The molecule has 0 heterocycles. The minimum absolute atomic E-state index is 0.0358. The number of carbonyl (C=O) groups is 1. The molecule has 0 aromatic carbocycles. The lowest BCUT2D eigenvalue weighted by Gasteiger charge is -2.58. The summed E-state index contributed by atoms with van der Waals surface area (Å²) < 4.78 is 37.0. The van der Waals surface area contributed by atoms with Gasteiger partial charge in [-0.1, -0.05) is 65.5 Å². The molecule has 0 saturated heterocycles. The van der Waals surface area contributed by atoms with Crippen molar-refractivity contribution < 1.29 is 37.7 Å². The van der Waals surface area contributed by atoms with Gasteiger partial charge in [0.15, 0.2) is 0 Å². The van der Waals surface area contributed by atoms with Gasteiger partial charge >= 0.3 is 14.3 Å². The molecular formula is C37H65NO8P+. The van der Waals surface area contributed by atoms with E-state index in [1.165, 1.54) is 51.4 Å². The van der Waals surface area contributed by atoms with E-state index in [1.54, 1.807) is 5.57 Å². The van der Waals surface area contributed by atoms with Crippen molar-refractivity contribution >= 4 is 14.3 Å². The molecule has 1 amide bonds. The van der Waals surface area contributed by atoms with Crippen molar-refractivity contribution in [3.8, 4) is 0 Å². The second-order valence-electron chi connectivity index (χ2n) is 15.7. The third-order valence-electron chi connectivity index (χ3n) is 12.4. The lowest BCUT2D eigenvalue weighted by molar-refractivity contribution is -0.0581. The van der Waals surface area contributed by atoms with Gasteiger partial charge < -0.3 is 24.3 Å². The molecular weight excluding hydrogens is 617 g/mol. The number of carbonyl (C=O) groups excluding carboxylic acids is 1. The van der Waals surface area contributed by atoms with Crippen LogP contribution in [0.25, 0.3) is 0 Å². The second kappa shape index (κ2) is 18.8. The Balaban J connectivity index is 1.11. The smallest absolute Gasteiger partial charge is 0.446 e. The maximum Gasteiger partial charge on any atom is 0.694 e. The fourth-order valence-corrected chi connectivity index (χ4v) is 10.3. The summed E-state index contributed by atoms with van der Waals surface area (Å²) in [6, 6.07) is 0. The average Bonchev–Trinajstić information content (AvgIpc) is 3.38. The Hall–Kier alpha value is -1.09. The molecule has 9 atom stereocenters. The lowest BCUT2D eigenvalue weighted by atomic mass is 9.47. The molecule has 47 heavy (non-hydrogen) atoms. The zero-order valence-electron chi connectivity index (χ0n) is 30.0. The average molecular weight is 683 g/mol. The van der Waals surface area contributed by atoms with Crippen LogP contribution in [-0.4, -0.2) is 69.9 Å². The standard InChI is InChI=1S/C37H64NO8P/c1-27(2)8-6-9-28(3)32-12-13-33-31-11-10-29-26-30(14-16-36(29,4)34(31)15-17-37(32,33)5)46-35(39)38-18-7-19-42-20-21-43-22-23-44-24-25-45-47(40)41/h10,27-28,30-34H,6-9,11-26H2,1-5H3,(H-,38,39,40,41)/p+1/t28-,30?,31?,32?,33?,34?,36?,37?/m1/s1. The molecule has 4 aliphatic carbocycles. The monoisotopic (exact) mass is 682 g/mol. The van der Waals surface area contributed by atoms with E-state index in [2.05, 4.69) is 50.5 Å². The second-order valence-corrected chi connectivity index (χ2v) is 16.5. The topological polar surface area (TPSA) is 113 Å². The molecule has 3 fully saturated rings. The summed E-state index contributed by atoms with van der Waals surface area (Å²) in [7, 11) is -2.57. The number of allylic oxidation sites excluding steroid dienone is 1. The van der Waals surface area contributed by atoms with E-state index in [-0.39, 0.29) is 30.8 Å². The molecule has 270 valence electrons. The SMILES string of the molecule is CC(C)CCC[C@@H](C)C1CCC2C3CC=C4CC(OC(=O)NCCCOCCOCCOCCO[P+](=O)O)CCC4(C)C3CCC21C. The highest BCUT2D eigenvalue weighted by atomic mass is 31.1. The van der Waals surface area contributed by atoms with E-state index in [1.807, 2.05) is 0 Å². The minimum Gasteiger partial charge on any atom is -0.446 e. The van der Waals surface area contributed by atoms with Gasteiger partial charge in [-0.3, -0.25) is 0 Å². The third kappa shape index (κ3) is 10.7. The fourth-order valence-electron chi connectivity index (χ4n) is 10.0. The minimum atomic E-state index is -2.57. The Morgan fingerprint density at radius 1 is 0.915 bits per heavy atom. The van der Waals surface area contributed by atoms with Gasteiger partial charge in [0.2, 0.25) is 0 Å². The molecule has 4 rings (SSSR count). The van der Waals surface area contributed by atoms with E-state index >= 15 is 0 Å². The maximum atomic E-state index is 12.6. The van der Waals surface area contributed by atoms with Crippen LogP contribution in [0.15, 0.2) is 11.6 Å². The van der Waals surface area contributed by atoms with Gasteiger partial charge in [0.05, 0.1) is 33.0 Å². The van der Waals surface area contributed by atoms with Crippen molar-refractivity contribution in [3.05, 3.63) is 11.6 Å². The first-order valence-corrected chi connectivity index (χ1v) is 19.8. The number of nitrogens with one attached hydrogen (secondary N) is 1. The quantitative estimate of drug-likeness (QED) is 0.0751. The van der Waals surface area contributed by atoms with Crippen LogP contribution in [0, 0.1) is 46.3 Å². The highest BCUT2D eigenvalue weighted by molar-refractivity contribution is 7.32. The summed E-state index contributed by atoms with van der Waals surface area (Å²) in [6.45, 7) is 15.6. The number of hydrogen-bond donors (Lipinski definition) is 2. The Morgan fingerprint density at radius 3 is 2.32 bits per heavy atom. The first-order valence-electron chi connectivity index (χ1n) is 18.7. The highest BCUT2D eigenvalue weighted by Gasteiger charge is 2.59. The highest BCUT2D eigenvalue weighted by Crippen LogP contribution is 2.67. The van der Waals surface area contributed by atoms with Crippen molar-refractivity contribution in [2.24, 2.45) is 46.3 Å². The largest absolute Gasteiger partial charge is 0.694 e. The van der Waals surface area contributed by atoms with Crippen LogP contribution in [0.2, 0.25) is 0 Å². The molecule has 0 aromatic heterocycles. The summed E-state index contributed by atoms with van der Waals surface area (Å²) in [5.41, 5.74) is 2.32. The van der Waals surface area contributed by atoms with Crippen LogP contribution in [-0.2, 0) is 28.0 Å². The number of hydrogen-bond acceptors (Lipinski definition) is 7. The number of rotatable bonds is 20. The predicted molar refractivity (Wildman–Crippen MR) is 184 cm³/mol. The van der Waals surface area contributed by atoms with Crippen LogP contribution in [0.5, 0.6) is 0 Å². The summed E-state index contributed by atoms with van der Waals surface area (Å²) >= 11 is 0. The summed E-state index contributed by atoms with van der Waals surface area (Å²) in [5, 5.41) is 2.91. The van der Waals surface area contributed by atoms with Gasteiger partial charge in [-0.2, -0.15) is 0 Å². The van der Waals surface area contributed by atoms with Crippen molar-refractivity contribution in [1.29, 1.82) is 0 Å². The summed E-state index contributed by atoms with van der Waals surface area (Å²) in [5.74, 6) is 5.00. The molecule has 10 heteroatoms. The Kier molecular flexibility index (Phi) is 15.5. The molecule has 3 saturated carbocycles. The molecule has 0 aromatic rings. The van der Waals surface area contributed by atoms with Crippen molar-refractivity contribution in [1.82, 2.24) is 5.32 Å². The number of amides is 1. The molecule has 0 bridgehead atoms. The summed E-state index contributed by atoms with van der Waals surface area (Å²) in [4.78, 5) is 21.1. The van der Waals surface area contributed by atoms with Gasteiger partial charge in [0.25, 0.3) is 0 Å². The van der Waals surface area contributed by atoms with Crippen LogP contribution >= 0.6 is 8.25 Å². The van der Waals surface area contributed by atoms with E-state index in [9.17, 15) is 9.36 Å². The van der Waals surface area contributed by atoms with Gasteiger partial charge in [-0.05, 0) is 97.7 Å². The molecule has 0 aliphatic heterocycles. The molecule has 0 radical (unpaired) electrons. The van der Waals surface area contributed by atoms with Crippen molar-refractivity contribution in [2.45, 2.75) is 118 Å². The van der Waals surface area contributed by atoms with Crippen LogP contribution < -0.4 is 5.32 Å². The van der Waals surface area contributed by atoms with Gasteiger partial charge in [0.1, 0.15) is 12.7 Å². The summed E-state index contributed by atoms with van der Waals surface area (Å²) in [6.07, 6.45) is 16.9. The zero-order valence-corrected chi connectivity index (χ0v) is 30.9. The molecule has 4 aliphatic rings. The van der Waals surface area contributed by atoms with Crippen molar-refractivity contribution in [2.75, 3.05) is 52.8 Å². The molecule has 9 nitrogen and oxygen atoms in total. The van der Waals surface area contributed by atoms with Gasteiger partial charge in [0, 0.05) is 24.1 Å². The number of alkyl carbamates (subject to hydrolysis) is 1. The number of fused-ring (bicyclic) bond motifs is 5. The lowest BCUT2D eigenvalue weighted by Crippen LogP contribution is -2.51. The normalized spacial score (nSPS) is 32.6. The van der Waals surface area contributed by atoms with Crippen molar-refractivity contribution in [3.63, 3.8) is 0 Å². The number of ether oxygens (including phenoxy) is 4. The van der Waals surface area contributed by atoms with Gasteiger partial charge in [-0.15, -0.1) is 9.42 Å². The van der Waals surface area contributed by atoms with Crippen LogP contribution in [0.1, 0.15) is 112 Å². The van der Waals surface area contributed by atoms with E-state index in [0.717, 1.165) is 54.8 Å². The van der Waals surface area contributed by atoms with Crippen LogP contribution in [0.3, 0.4) is 0 Å². The predicted octanol–water partition coefficient (Wildman–Crippen LogP) is 8.23. The van der Waals surface area contributed by atoms with Gasteiger partial charge in [-0.25, -0.2) is 4.79 Å². The van der Waals surface area contributed by atoms with E-state index in [4.69, 9.17) is 23.8 Å². The Labute approximate surface area is 285 Å². The third-order valence-corrected chi connectivity index (χ3v) is 12.8. The molecule has 2 N–H and O–H groups in total. The van der Waals surface area contributed by atoms with E-state index < -0.39 is 8.25 Å². The maximum absolute atomic E-state index is 12.6. The molecule has 0 spiro atoms. The fraction of sp³-hybridized carbons (Fsp3) is 0.919. The van der Waals surface area contributed by atoms with E-state index in [0.29, 0.717) is 51.4 Å². The zero-order chi connectivity index (χ0) is 33.9. The molecule has 8 unspecified atom stereocenters. The Morgan fingerprint density at radius 2 is 1.62 bits per heavy atom. The Bertz CT molecular complexity index is 1020. The first-order chi connectivity index (χ1) is 22.5.